The lowest BCUT2D eigenvalue weighted by molar-refractivity contribution is -0.124. The zero-order chi connectivity index (χ0) is 23.7. The molecule has 0 radical (unpaired) electrons. The molecule has 1 atom stereocenters. The molecule has 34 heavy (non-hydrogen) atoms. The maximum Gasteiger partial charge on any atom is 0.234 e. The minimum absolute atomic E-state index is 0.0726. The summed E-state index contributed by atoms with van der Waals surface area (Å²) in [5, 5.41) is 0.517. The number of aromatic nitrogens is 2. The number of carbonyl (C=O) groups is 2. The van der Waals surface area contributed by atoms with E-state index in [1.54, 1.807) is 30.3 Å². The fourth-order valence-corrected chi connectivity index (χ4v) is 5.04. The summed E-state index contributed by atoms with van der Waals surface area (Å²) < 4.78 is 19.7. The maximum absolute atomic E-state index is 13.8. The molecule has 5 rings (SSSR count). The Kier molecular flexibility index (Phi) is 5.93. The third-order valence-corrected chi connectivity index (χ3v) is 6.79. The zero-order valence-electron chi connectivity index (χ0n) is 18.3. The molecule has 9 heteroatoms. The summed E-state index contributed by atoms with van der Waals surface area (Å²) in [6, 6.07) is 16.9. The van der Waals surface area contributed by atoms with E-state index in [4.69, 9.17) is 9.72 Å². The van der Waals surface area contributed by atoms with Crippen LogP contribution in [0.15, 0.2) is 66.9 Å². The third kappa shape index (κ3) is 4.22. The number of methoxy groups -OCH3 is 1. The molecule has 2 amide bonds. The number of pyridine rings is 1. The number of thiazole rings is 1. The van der Waals surface area contributed by atoms with E-state index in [2.05, 4.69) is 4.98 Å². The van der Waals surface area contributed by atoms with Crippen molar-refractivity contribution in [3.63, 3.8) is 0 Å². The lowest BCUT2D eigenvalue weighted by Gasteiger charge is -2.23. The van der Waals surface area contributed by atoms with Gasteiger partial charge in [-0.1, -0.05) is 23.5 Å². The summed E-state index contributed by atoms with van der Waals surface area (Å²) in [7, 11) is 1.58. The summed E-state index contributed by atoms with van der Waals surface area (Å²) in [6.45, 7) is 0.444. The number of benzene rings is 2. The molecule has 1 aliphatic rings. The normalized spacial score (nSPS) is 15.6. The van der Waals surface area contributed by atoms with E-state index in [0.717, 1.165) is 4.70 Å². The molecular weight excluding hydrogens is 455 g/mol. The molecule has 172 valence electrons. The third-order valence-electron chi connectivity index (χ3n) is 5.75. The van der Waals surface area contributed by atoms with Crippen molar-refractivity contribution in [3.05, 3.63) is 78.4 Å². The molecular formula is C25H21FN4O3S. The number of fused-ring (bicyclic) bond motifs is 1. The van der Waals surface area contributed by atoms with Gasteiger partial charge in [0.1, 0.15) is 17.1 Å². The van der Waals surface area contributed by atoms with E-state index in [1.807, 2.05) is 36.4 Å². The van der Waals surface area contributed by atoms with Gasteiger partial charge in [0.05, 0.1) is 30.0 Å². The molecule has 3 heterocycles. The highest BCUT2D eigenvalue weighted by atomic mass is 32.1. The van der Waals surface area contributed by atoms with E-state index < -0.39 is 5.92 Å². The second-order valence-corrected chi connectivity index (χ2v) is 8.94. The smallest absolute Gasteiger partial charge is 0.234 e. The largest absolute Gasteiger partial charge is 0.494 e. The van der Waals surface area contributed by atoms with Gasteiger partial charge in [-0.15, -0.1) is 0 Å². The molecule has 0 spiro atoms. The van der Waals surface area contributed by atoms with E-state index >= 15 is 0 Å². The monoisotopic (exact) mass is 476 g/mol. The standard InChI is InChI=1S/C25H21FN4O3S/c1-33-20-6-4-7-21-23(20)28-25(34-21)30(15-18-5-2-3-12-27-18)24(32)16-13-22(31)29(14-16)19-10-8-17(26)9-11-19/h2-12,16H,13-15H2,1H3. The SMILES string of the molecule is COc1cccc2sc(N(Cc3ccccn3)C(=O)C3CC(=O)N(c4ccc(F)cc4)C3)nc12. The topological polar surface area (TPSA) is 75.6 Å². The number of halogens is 1. The maximum atomic E-state index is 13.8. The Morgan fingerprint density at radius 1 is 1.18 bits per heavy atom. The number of rotatable bonds is 6. The van der Waals surface area contributed by atoms with Gasteiger partial charge in [0.2, 0.25) is 11.8 Å². The van der Waals surface area contributed by atoms with Crippen LogP contribution < -0.4 is 14.5 Å². The van der Waals surface area contributed by atoms with Crippen molar-refractivity contribution in [1.29, 1.82) is 0 Å². The molecule has 0 aliphatic carbocycles. The number of para-hydroxylation sites is 1. The van der Waals surface area contributed by atoms with Gasteiger partial charge in [-0.3, -0.25) is 19.5 Å². The van der Waals surface area contributed by atoms with Crippen LogP contribution in [0, 0.1) is 11.7 Å². The van der Waals surface area contributed by atoms with E-state index in [1.165, 1.54) is 28.4 Å². The highest BCUT2D eigenvalue weighted by Crippen LogP contribution is 2.36. The van der Waals surface area contributed by atoms with Crippen LogP contribution in [0.25, 0.3) is 10.2 Å². The van der Waals surface area contributed by atoms with Crippen LogP contribution in [0.4, 0.5) is 15.2 Å². The first-order valence-electron chi connectivity index (χ1n) is 10.7. The van der Waals surface area contributed by atoms with Crippen LogP contribution in [0.5, 0.6) is 5.75 Å². The van der Waals surface area contributed by atoms with Crippen molar-refractivity contribution in [2.45, 2.75) is 13.0 Å². The number of hydrogen-bond acceptors (Lipinski definition) is 6. The van der Waals surface area contributed by atoms with Gasteiger partial charge in [0.25, 0.3) is 0 Å². The van der Waals surface area contributed by atoms with Gasteiger partial charge in [-0.05, 0) is 48.5 Å². The molecule has 0 N–H and O–H groups in total. The van der Waals surface area contributed by atoms with Crippen molar-refractivity contribution in [3.8, 4) is 5.75 Å². The summed E-state index contributed by atoms with van der Waals surface area (Å²) in [6.07, 6.45) is 1.75. The summed E-state index contributed by atoms with van der Waals surface area (Å²) in [5.74, 6) is -0.690. The molecule has 1 saturated heterocycles. The second kappa shape index (κ2) is 9.18. The quantitative estimate of drug-likeness (QED) is 0.412. The van der Waals surface area contributed by atoms with Gasteiger partial charge in [0, 0.05) is 24.8 Å². The fourth-order valence-electron chi connectivity index (χ4n) is 4.05. The van der Waals surface area contributed by atoms with Crippen LogP contribution in [0.3, 0.4) is 0 Å². The number of nitrogens with zero attached hydrogens (tertiary/aromatic N) is 4. The van der Waals surface area contributed by atoms with Crippen molar-refractivity contribution < 1.29 is 18.7 Å². The van der Waals surface area contributed by atoms with Crippen LogP contribution in [0.1, 0.15) is 12.1 Å². The predicted octanol–water partition coefficient (Wildman–Crippen LogP) is 4.43. The molecule has 1 fully saturated rings. The first kappa shape index (κ1) is 22.0. The van der Waals surface area contributed by atoms with Crippen LogP contribution in [-0.2, 0) is 16.1 Å². The summed E-state index contributed by atoms with van der Waals surface area (Å²) in [5.41, 5.74) is 1.96. The summed E-state index contributed by atoms with van der Waals surface area (Å²) in [4.78, 5) is 38.7. The average Bonchev–Trinajstić information content (AvgIpc) is 3.47. The zero-order valence-corrected chi connectivity index (χ0v) is 19.2. The Labute approximate surface area is 199 Å². The number of anilines is 2. The fraction of sp³-hybridized carbons (Fsp3) is 0.200. The van der Waals surface area contributed by atoms with Gasteiger partial charge in [0.15, 0.2) is 5.13 Å². The van der Waals surface area contributed by atoms with E-state index in [0.29, 0.717) is 27.8 Å². The Morgan fingerprint density at radius 3 is 2.74 bits per heavy atom. The van der Waals surface area contributed by atoms with Gasteiger partial charge in [-0.2, -0.15) is 0 Å². The van der Waals surface area contributed by atoms with Crippen molar-refractivity contribution in [1.82, 2.24) is 9.97 Å². The molecule has 4 aromatic rings. The van der Waals surface area contributed by atoms with Gasteiger partial charge >= 0.3 is 0 Å². The van der Waals surface area contributed by atoms with Crippen molar-refractivity contribution in [2.75, 3.05) is 23.5 Å². The molecule has 1 aliphatic heterocycles. The van der Waals surface area contributed by atoms with Crippen LogP contribution >= 0.6 is 11.3 Å². The first-order valence-corrected chi connectivity index (χ1v) is 11.6. The Bertz CT molecular complexity index is 1340. The molecule has 0 saturated carbocycles. The van der Waals surface area contributed by atoms with Gasteiger partial charge < -0.3 is 9.64 Å². The Morgan fingerprint density at radius 2 is 2.00 bits per heavy atom. The van der Waals surface area contributed by atoms with Crippen molar-refractivity contribution in [2.24, 2.45) is 5.92 Å². The molecule has 2 aromatic heterocycles. The summed E-state index contributed by atoms with van der Waals surface area (Å²) >= 11 is 1.39. The number of amides is 2. The van der Waals surface area contributed by atoms with Crippen molar-refractivity contribution >= 4 is 44.2 Å². The number of hydrogen-bond donors (Lipinski definition) is 0. The predicted molar refractivity (Wildman–Crippen MR) is 128 cm³/mol. The highest BCUT2D eigenvalue weighted by Gasteiger charge is 2.38. The van der Waals surface area contributed by atoms with Crippen LogP contribution in [0.2, 0.25) is 0 Å². The number of ether oxygens (including phenoxy) is 1. The molecule has 2 aromatic carbocycles. The van der Waals surface area contributed by atoms with Crippen LogP contribution in [-0.4, -0.2) is 35.4 Å². The second-order valence-electron chi connectivity index (χ2n) is 7.93. The Balaban J connectivity index is 1.47. The Hall–Kier alpha value is -3.85. The molecule has 0 bridgehead atoms. The van der Waals surface area contributed by atoms with E-state index in [9.17, 15) is 14.0 Å². The average molecular weight is 477 g/mol. The lowest BCUT2D eigenvalue weighted by atomic mass is 10.1. The molecule has 7 nitrogen and oxygen atoms in total. The minimum Gasteiger partial charge on any atom is -0.494 e. The highest BCUT2D eigenvalue weighted by molar-refractivity contribution is 7.22. The lowest BCUT2D eigenvalue weighted by Crippen LogP contribution is -2.37. The van der Waals surface area contributed by atoms with Gasteiger partial charge in [-0.25, -0.2) is 9.37 Å². The number of carbonyl (C=O) groups excluding carboxylic acids is 2. The van der Waals surface area contributed by atoms with E-state index in [-0.39, 0.29) is 37.1 Å². The first-order chi connectivity index (χ1) is 16.5. The molecule has 1 unspecified atom stereocenters. The minimum atomic E-state index is -0.560.